The van der Waals surface area contributed by atoms with Gasteiger partial charge in [0.15, 0.2) is 6.29 Å². The number of carbonyl (C=O) groups excluding carboxylic acids is 1. The van der Waals surface area contributed by atoms with E-state index in [-0.39, 0.29) is 5.69 Å². The van der Waals surface area contributed by atoms with E-state index < -0.39 is 5.97 Å². The molecular weight excluding hydrogens is 158 g/mol. The Morgan fingerprint density at radius 3 is 2.67 bits per heavy atom. The smallest absolute Gasteiger partial charge is 0.354 e. The standard InChI is InChI=1S/C8H7NO3/c1-5-6(4-10)2-3-7(9-5)8(11)12/h2-4H,1H3,(H,11,12). The number of nitrogens with zero attached hydrogens (tertiary/aromatic N) is 1. The maximum atomic E-state index is 10.4. The van der Waals surface area contributed by atoms with Crippen molar-refractivity contribution in [1.82, 2.24) is 4.98 Å². The normalized spacial score (nSPS) is 9.42. The van der Waals surface area contributed by atoms with Crippen molar-refractivity contribution < 1.29 is 14.7 Å². The fraction of sp³-hybridized carbons (Fsp3) is 0.125. The van der Waals surface area contributed by atoms with Gasteiger partial charge in [-0.15, -0.1) is 0 Å². The van der Waals surface area contributed by atoms with Crippen LogP contribution in [-0.2, 0) is 0 Å². The van der Waals surface area contributed by atoms with E-state index in [1.165, 1.54) is 12.1 Å². The third kappa shape index (κ3) is 1.47. The minimum absolute atomic E-state index is 0.0434. The summed E-state index contributed by atoms with van der Waals surface area (Å²) in [5.74, 6) is -1.09. The van der Waals surface area contributed by atoms with Gasteiger partial charge in [-0.3, -0.25) is 4.79 Å². The van der Waals surface area contributed by atoms with Crippen LogP contribution in [0.5, 0.6) is 0 Å². The molecule has 0 aromatic carbocycles. The van der Waals surface area contributed by atoms with Crippen molar-refractivity contribution in [3.8, 4) is 0 Å². The van der Waals surface area contributed by atoms with Crippen molar-refractivity contribution in [3.05, 3.63) is 29.1 Å². The van der Waals surface area contributed by atoms with E-state index in [1.807, 2.05) is 0 Å². The van der Waals surface area contributed by atoms with Crippen molar-refractivity contribution >= 4 is 12.3 Å². The highest BCUT2D eigenvalue weighted by atomic mass is 16.4. The first-order valence-electron chi connectivity index (χ1n) is 3.31. The van der Waals surface area contributed by atoms with Gasteiger partial charge in [-0.2, -0.15) is 0 Å². The molecule has 0 bridgehead atoms. The van der Waals surface area contributed by atoms with Gasteiger partial charge in [-0.1, -0.05) is 0 Å². The summed E-state index contributed by atoms with van der Waals surface area (Å²) in [5, 5.41) is 8.52. The highest BCUT2D eigenvalue weighted by Crippen LogP contribution is 2.03. The van der Waals surface area contributed by atoms with Gasteiger partial charge < -0.3 is 5.11 Å². The Morgan fingerprint density at radius 1 is 1.58 bits per heavy atom. The lowest BCUT2D eigenvalue weighted by Gasteiger charge is -1.97. The number of aromatic nitrogens is 1. The van der Waals surface area contributed by atoms with Gasteiger partial charge in [0.1, 0.15) is 5.69 Å². The highest BCUT2D eigenvalue weighted by molar-refractivity contribution is 5.86. The zero-order chi connectivity index (χ0) is 9.14. The number of hydrogen-bond donors (Lipinski definition) is 1. The SMILES string of the molecule is Cc1nc(C(=O)O)ccc1C=O. The van der Waals surface area contributed by atoms with Crippen LogP contribution in [0.25, 0.3) is 0 Å². The summed E-state index contributed by atoms with van der Waals surface area (Å²) in [4.78, 5) is 24.4. The Bertz CT molecular complexity index is 333. The molecule has 0 unspecified atom stereocenters. The summed E-state index contributed by atoms with van der Waals surface area (Å²) in [5.41, 5.74) is 0.808. The molecule has 0 radical (unpaired) electrons. The monoisotopic (exact) mass is 165 g/mol. The minimum atomic E-state index is -1.09. The van der Waals surface area contributed by atoms with Crippen LogP contribution in [0.1, 0.15) is 26.5 Å². The Labute approximate surface area is 68.9 Å². The molecule has 1 aromatic rings. The van der Waals surface area contributed by atoms with E-state index in [9.17, 15) is 9.59 Å². The molecule has 4 nitrogen and oxygen atoms in total. The molecule has 12 heavy (non-hydrogen) atoms. The largest absolute Gasteiger partial charge is 0.477 e. The second-order valence-electron chi connectivity index (χ2n) is 2.29. The summed E-state index contributed by atoms with van der Waals surface area (Å²) in [6, 6.07) is 2.75. The number of aromatic carboxylic acids is 1. The number of rotatable bonds is 2. The fourth-order valence-corrected chi connectivity index (χ4v) is 0.815. The molecule has 0 saturated carbocycles. The van der Waals surface area contributed by atoms with Crippen molar-refractivity contribution in [3.63, 3.8) is 0 Å². The quantitative estimate of drug-likeness (QED) is 0.661. The number of aryl methyl sites for hydroxylation is 1. The van der Waals surface area contributed by atoms with Gasteiger partial charge in [0.05, 0.1) is 0 Å². The van der Waals surface area contributed by atoms with Crippen LogP contribution in [0.2, 0.25) is 0 Å². The Balaban J connectivity index is 3.18. The zero-order valence-corrected chi connectivity index (χ0v) is 6.44. The van der Waals surface area contributed by atoms with Crippen molar-refractivity contribution in [2.45, 2.75) is 6.92 Å². The molecule has 0 saturated heterocycles. The summed E-state index contributed by atoms with van der Waals surface area (Å²) in [6.07, 6.45) is 0.647. The number of carbonyl (C=O) groups is 2. The van der Waals surface area contributed by atoms with E-state index in [0.29, 0.717) is 17.5 Å². The molecule has 0 aliphatic rings. The van der Waals surface area contributed by atoms with Crippen molar-refractivity contribution in [2.24, 2.45) is 0 Å². The third-order valence-corrected chi connectivity index (χ3v) is 1.47. The lowest BCUT2D eigenvalue weighted by atomic mass is 10.2. The highest BCUT2D eigenvalue weighted by Gasteiger charge is 2.05. The van der Waals surface area contributed by atoms with Crippen molar-refractivity contribution in [2.75, 3.05) is 0 Å². The average molecular weight is 165 g/mol. The van der Waals surface area contributed by atoms with Gasteiger partial charge in [0, 0.05) is 11.3 Å². The van der Waals surface area contributed by atoms with Crippen LogP contribution >= 0.6 is 0 Å². The molecule has 1 rings (SSSR count). The second kappa shape index (κ2) is 3.13. The number of aldehydes is 1. The molecule has 0 spiro atoms. The molecule has 0 aliphatic carbocycles. The summed E-state index contributed by atoms with van der Waals surface area (Å²) >= 11 is 0. The second-order valence-corrected chi connectivity index (χ2v) is 2.29. The van der Waals surface area contributed by atoms with E-state index in [1.54, 1.807) is 6.92 Å². The van der Waals surface area contributed by atoms with Crippen LogP contribution in [0.4, 0.5) is 0 Å². The molecule has 4 heteroatoms. The summed E-state index contributed by atoms with van der Waals surface area (Å²) < 4.78 is 0. The fourth-order valence-electron chi connectivity index (χ4n) is 0.815. The predicted octanol–water partition coefficient (Wildman–Crippen LogP) is 0.901. The Morgan fingerprint density at radius 2 is 2.25 bits per heavy atom. The molecular formula is C8H7NO3. The van der Waals surface area contributed by atoms with E-state index >= 15 is 0 Å². The molecule has 0 aliphatic heterocycles. The molecule has 0 fully saturated rings. The van der Waals surface area contributed by atoms with Crippen LogP contribution in [0.15, 0.2) is 12.1 Å². The van der Waals surface area contributed by atoms with E-state index in [0.717, 1.165) is 0 Å². The molecule has 1 N–H and O–H groups in total. The van der Waals surface area contributed by atoms with Crippen LogP contribution < -0.4 is 0 Å². The van der Waals surface area contributed by atoms with Gasteiger partial charge in [0.2, 0.25) is 0 Å². The Kier molecular flexibility index (Phi) is 2.19. The van der Waals surface area contributed by atoms with Crippen LogP contribution in [0.3, 0.4) is 0 Å². The predicted molar refractivity (Wildman–Crippen MR) is 41.3 cm³/mol. The minimum Gasteiger partial charge on any atom is -0.477 e. The lowest BCUT2D eigenvalue weighted by Crippen LogP contribution is -2.02. The maximum Gasteiger partial charge on any atom is 0.354 e. The lowest BCUT2D eigenvalue weighted by molar-refractivity contribution is 0.0690. The van der Waals surface area contributed by atoms with Crippen LogP contribution in [0, 0.1) is 6.92 Å². The van der Waals surface area contributed by atoms with Gasteiger partial charge >= 0.3 is 5.97 Å². The van der Waals surface area contributed by atoms with Gasteiger partial charge in [-0.05, 0) is 19.1 Å². The molecule has 1 heterocycles. The van der Waals surface area contributed by atoms with Gasteiger partial charge in [0.25, 0.3) is 0 Å². The van der Waals surface area contributed by atoms with Gasteiger partial charge in [-0.25, -0.2) is 9.78 Å². The number of hydrogen-bond acceptors (Lipinski definition) is 3. The molecule has 0 amide bonds. The maximum absolute atomic E-state index is 10.4. The third-order valence-electron chi connectivity index (χ3n) is 1.47. The summed E-state index contributed by atoms with van der Waals surface area (Å²) in [7, 11) is 0. The number of pyridine rings is 1. The first-order chi connectivity index (χ1) is 5.65. The topological polar surface area (TPSA) is 67.3 Å². The first kappa shape index (κ1) is 8.39. The first-order valence-corrected chi connectivity index (χ1v) is 3.31. The molecule has 62 valence electrons. The van der Waals surface area contributed by atoms with E-state index in [2.05, 4.69) is 4.98 Å². The zero-order valence-electron chi connectivity index (χ0n) is 6.44. The van der Waals surface area contributed by atoms with Crippen molar-refractivity contribution in [1.29, 1.82) is 0 Å². The molecule has 1 aromatic heterocycles. The summed E-state index contributed by atoms with van der Waals surface area (Å²) in [6.45, 7) is 1.59. The number of carboxylic acid groups (broad SMARTS) is 1. The Hall–Kier alpha value is -1.71. The number of carboxylic acids is 1. The van der Waals surface area contributed by atoms with Crippen LogP contribution in [-0.4, -0.2) is 22.3 Å². The molecule has 0 atom stereocenters. The average Bonchev–Trinajstić information content (AvgIpc) is 2.04. The van der Waals surface area contributed by atoms with E-state index in [4.69, 9.17) is 5.11 Å².